The maximum Gasteiger partial charge on any atom is 0.294 e. The standard InChI is InChI=1S/C31H36N4O5S/c1-5-35-24-10-9-22(20-25(24)33(4)29(37)31(2,3)30(35)38)39-17-7-14-32-23(26-8-6-19-41-26)12-16-34-15-11-21-13-18-40-27(21)28(34)36/h6,8-11,13,15,18-20,23,32H,5,7,12,14,16-17H2,1-4H3. The third-order valence-corrected chi connectivity index (χ3v) is 8.63. The Morgan fingerprint density at radius 2 is 1.90 bits per heavy atom. The van der Waals surface area contributed by atoms with E-state index in [1.165, 1.54) is 4.88 Å². The zero-order valence-corrected chi connectivity index (χ0v) is 24.7. The highest BCUT2D eigenvalue weighted by atomic mass is 32.1. The van der Waals surface area contributed by atoms with Crippen LogP contribution in [0.2, 0.25) is 0 Å². The van der Waals surface area contributed by atoms with Crippen molar-refractivity contribution in [2.75, 3.05) is 36.5 Å². The highest BCUT2D eigenvalue weighted by Gasteiger charge is 2.45. The van der Waals surface area contributed by atoms with Gasteiger partial charge < -0.3 is 28.8 Å². The molecule has 1 aromatic carbocycles. The second kappa shape index (κ2) is 11.9. The molecule has 0 bridgehead atoms. The van der Waals surface area contributed by atoms with Crippen LogP contribution in [0.15, 0.2) is 69.5 Å². The van der Waals surface area contributed by atoms with Crippen molar-refractivity contribution in [3.63, 3.8) is 0 Å². The van der Waals surface area contributed by atoms with E-state index in [9.17, 15) is 14.4 Å². The van der Waals surface area contributed by atoms with Gasteiger partial charge in [-0.1, -0.05) is 6.07 Å². The normalized spacial score (nSPS) is 15.7. The molecule has 0 radical (unpaired) electrons. The fourth-order valence-corrected chi connectivity index (χ4v) is 6.12. The molecule has 0 aliphatic carbocycles. The van der Waals surface area contributed by atoms with Crippen LogP contribution >= 0.6 is 11.3 Å². The highest BCUT2D eigenvalue weighted by Crippen LogP contribution is 2.40. The number of nitrogens with one attached hydrogen (secondary N) is 1. The summed E-state index contributed by atoms with van der Waals surface area (Å²) in [4.78, 5) is 43.4. The molecule has 1 unspecified atom stereocenters. The number of ether oxygens (including phenoxy) is 1. The van der Waals surface area contributed by atoms with Gasteiger partial charge in [-0.2, -0.15) is 0 Å². The van der Waals surface area contributed by atoms with Gasteiger partial charge in [0.2, 0.25) is 11.8 Å². The predicted octanol–water partition coefficient (Wildman–Crippen LogP) is 5.20. The molecular formula is C31H36N4O5S. The minimum Gasteiger partial charge on any atom is -0.493 e. The number of hydrogen-bond acceptors (Lipinski definition) is 7. The zero-order chi connectivity index (χ0) is 29.1. The summed E-state index contributed by atoms with van der Waals surface area (Å²) in [5, 5.41) is 6.49. The Hall–Kier alpha value is -3.89. The van der Waals surface area contributed by atoms with Crippen LogP contribution in [-0.4, -0.2) is 43.1 Å². The molecule has 9 nitrogen and oxygen atoms in total. The Morgan fingerprint density at radius 3 is 2.66 bits per heavy atom. The molecule has 41 heavy (non-hydrogen) atoms. The molecule has 5 rings (SSSR count). The molecule has 1 aliphatic rings. The van der Waals surface area contributed by atoms with E-state index in [2.05, 4.69) is 16.8 Å². The monoisotopic (exact) mass is 576 g/mol. The van der Waals surface area contributed by atoms with Crippen LogP contribution in [0.1, 0.15) is 44.5 Å². The quantitative estimate of drug-likeness (QED) is 0.195. The molecule has 4 aromatic rings. The van der Waals surface area contributed by atoms with Gasteiger partial charge >= 0.3 is 0 Å². The van der Waals surface area contributed by atoms with Crippen LogP contribution in [0.25, 0.3) is 11.0 Å². The Morgan fingerprint density at radius 1 is 1.07 bits per heavy atom. The number of anilines is 2. The van der Waals surface area contributed by atoms with Crippen molar-refractivity contribution in [2.24, 2.45) is 5.41 Å². The van der Waals surface area contributed by atoms with Gasteiger partial charge in [-0.25, -0.2) is 0 Å². The minimum atomic E-state index is -1.14. The lowest BCUT2D eigenvalue weighted by molar-refractivity contribution is -0.137. The van der Waals surface area contributed by atoms with Gasteiger partial charge in [-0.15, -0.1) is 11.3 Å². The van der Waals surface area contributed by atoms with E-state index in [4.69, 9.17) is 9.15 Å². The summed E-state index contributed by atoms with van der Waals surface area (Å²) in [7, 11) is 1.70. The lowest BCUT2D eigenvalue weighted by Gasteiger charge is -2.27. The van der Waals surface area contributed by atoms with Gasteiger partial charge in [-0.05, 0) is 75.9 Å². The van der Waals surface area contributed by atoms with Gasteiger partial charge in [0.1, 0.15) is 11.2 Å². The average Bonchev–Trinajstić information content (AvgIpc) is 3.67. The lowest BCUT2D eigenvalue weighted by atomic mass is 9.90. The van der Waals surface area contributed by atoms with Crippen molar-refractivity contribution in [3.8, 4) is 5.75 Å². The maximum absolute atomic E-state index is 13.1. The zero-order valence-electron chi connectivity index (χ0n) is 23.9. The predicted molar refractivity (Wildman–Crippen MR) is 162 cm³/mol. The van der Waals surface area contributed by atoms with E-state index >= 15 is 0 Å². The fourth-order valence-electron chi connectivity index (χ4n) is 5.28. The number of aromatic nitrogens is 1. The average molecular weight is 577 g/mol. The van der Waals surface area contributed by atoms with Gasteiger partial charge in [0, 0.05) is 48.7 Å². The molecule has 0 saturated heterocycles. The van der Waals surface area contributed by atoms with Gasteiger partial charge in [0.15, 0.2) is 5.58 Å². The molecule has 10 heteroatoms. The SMILES string of the molecule is CCN1C(=O)C(C)(C)C(=O)N(C)c2cc(OCCCNC(CCn3ccc4ccoc4c3=O)c3cccs3)ccc21. The number of carbonyl (C=O) groups excluding carboxylic acids is 2. The molecule has 0 fully saturated rings. The third kappa shape index (κ3) is 5.67. The van der Waals surface area contributed by atoms with Gasteiger partial charge in [0.05, 0.1) is 24.2 Å². The van der Waals surface area contributed by atoms with Gasteiger partial charge in [0.25, 0.3) is 5.56 Å². The first-order valence-electron chi connectivity index (χ1n) is 13.9. The molecule has 1 aliphatic heterocycles. The van der Waals surface area contributed by atoms with Crippen molar-refractivity contribution in [1.82, 2.24) is 9.88 Å². The highest BCUT2D eigenvalue weighted by molar-refractivity contribution is 7.10. The van der Waals surface area contributed by atoms with Crippen molar-refractivity contribution in [1.29, 1.82) is 0 Å². The first-order valence-corrected chi connectivity index (χ1v) is 14.8. The number of fused-ring (bicyclic) bond motifs is 2. The minimum absolute atomic E-state index is 0.0993. The van der Waals surface area contributed by atoms with E-state index in [1.54, 1.807) is 58.9 Å². The first-order chi connectivity index (χ1) is 19.7. The largest absolute Gasteiger partial charge is 0.493 e. The smallest absolute Gasteiger partial charge is 0.294 e. The fraction of sp³-hybridized carbons (Fsp3) is 0.387. The third-order valence-electron chi connectivity index (χ3n) is 7.65. The second-order valence-corrected chi connectivity index (χ2v) is 11.7. The van der Waals surface area contributed by atoms with Crippen molar-refractivity contribution < 1.29 is 18.7 Å². The van der Waals surface area contributed by atoms with Crippen molar-refractivity contribution in [3.05, 3.63) is 75.5 Å². The Kier molecular flexibility index (Phi) is 8.32. The topological polar surface area (TPSA) is 97.0 Å². The maximum atomic E-state index is 13.1. The molecule has 0 saturated carbocycles. The van der Waals surface area contributed by atoms with Crippen LogP contribution in [0, 0.1) is 5.41 Å². The van der Waals surface area contributed by atoms with Gasteiger partial charge in [-0.3, -0.25) is 14.4 Å². The van der Waals surface area contributed by atoms with Crippen LogP contribution in [0.5, 0.6) is 5.75 Å². The number of hydrogen-bond donors (Lipinski definition) is 1. The Bertz CT molecular complexity index is 1590. The van der Waals surface area contributed by atoms with Crippen LogP contribution < -0.4 is 25.4 Å². The number of aryl methyl sites for hydroxylation is 1. The van der Waals surface area contributed by atoms with E-state index in [0.717, 1.165) is 24.8 Å². The number of rotatable bonds is 11. The summed E-state index contributed by atoms with van der Waals surface area (Å²) in [5.41, 5.74) is 0.490. The van der Waals surface area contributed by atoms with Crippen LogP contribution in [0.3, 0.4) is 0 Å². The molecule has 0 spiro atoms. The number of thiophene rings is 1. The Balaban J connectivity index is 1.19. The molecule has 3 aromatic heterocycles. The summed E-state index contributed by atoms with van der Waals surface area (Å²) in [6, 6.07) is 13.5. The van der Waals surface area contributed by atoms with E-state index in [0.29, 0.717) is 42.4 Å². The first kappa shape index (κ1) is 28.6. The molecule has 216 valence electrons. The summed E-state index contributed by atoms with van der Waals surface area (Å²) in [6.07, 6.45) is 4.88. The Labute approximate surface area is 243 Å². The summed E-state index contributed by atoms with van der Waals surface area (Å²) < 4.78 is 13.1. The molecule has 1 N–H and O–H groups in total. The summed E-state index contributed by atoms with van der Waals surface area (Å²) in [6.45, 7) is 7.50. The van der Waals surface area contributed by atoms with E-state index < -0.39 is 5.41 Å². The number of amides is 2. The number of pyridine rings is 1. The number of benzene rings is 1. The molecular weight excluding hydrogens is 540 g/mol. The lowest BCUT2D eigenvalue weighted by Crippen LogP contribution is -2.47. The van der Waals surface area contributed by atoms with Crippen LogP contribution in [0.4, 0.5) is 11.4 Å². The summed E-state index contributed by atoms with van der Waals surface area (Å²) >= 11 is 1.69. The molecule has 1 atom stereocenters. The van der Waals surface area contributed by atoms with Crippen molar-refractivity contribution in [2.45, 2.75) is 46.2 Å². The van der Waals surface area contributed by atoms with E-state index in [1.807, 2.05) is 43.5 Å². The van der Waals surface area contributed by atoms with Crippen molar-refractivity contribution >= 4 is 45.5 Å². The molecule has 2 amide bonds. The second-order valence-electron chi connectivity index (χ2n) is 10.7. The number of carbonyl (C=O) groups is 2. The van der Waals surface area contributed by atoms with Crippen LogP contribution in [-0.2, 0) is 16.1 Å². The molecule has 4 heterocycles. The van der Waals surface area contributed by atoms with E-state index in [-0.39, 0.29) is 23.4 Å². The summed E-state index contributed by atoms with van der Waals surface area (Å²) in [5.74, 6) is 0.197. The number of furan rings is 1. The number of nitrogens with zero attached hydrogens (tertiary/aromatic N) is 3.